The number of methoxy groups -OCH3 is 1. The summed E-state index contributed by atoms with van der Waals surface area (Å²) in [7, 11) is 1.59. The first-order valence-corrected chi connectivity index (χ1v) is 12.4. The van der Waals surface area contributed by atoms with Gasteiger partial charge in [-0.1, -0.05) is 36.2 Å². The quantitative estimate of drug-likeness (QED) is 0.281. The normalized spacial score (nSPS) is 20.2. The summed E-state index contributed by atoms with van der Waals surface area (Å²) < 4.78 is 6.11. The Balaban J connectivity index is 1.46. The number of nitrogens with zero attached hydrogens (tertiary/aromatic N) is 6. The van der Waals surface area contributed by atoms with Crippen molar-refractivity contribution in [3.8, 4) is 5.75 Å². The van der Waals surface area contributed by atoms with Gasteiger partial charge in [0.15, 0.2) is 0 Å². The average Bonchev–Trinajstić information content (AvgIpc) is 3.68. The second kappa shape index (κ2) is 10.1. The van der Waals surface area contributed by atoms with Gasteiger partial charge in [0.2, 0.25) is 11.8 Å². The fraction of sp³-hybridized carbons (Fsp3) is 0.385. The lowest BCUT2D eigenvalue weighted by atomic mass is 9.77. The number of azide groups is 1. The first-order chi connectivity index (χ1) is 18.4. The van der Waals surface area contributed by atoms with E-state index >= 15 is 0 Å². The molecule has 1 saturated carbocycles. The fourth-order valence-corrected chi connectivity index (χ4v) is 5.76. The molecule has 12 nitrogen and oxygen atoms in total. The van der Waals surface area contributed by atoms with E-state index in [2.05, 4.69) is 20.4 Å². The van der Waals surface area contributed by atoms with Gasteiger partial charge in [-0.3, -0.25) is 9.59 Å². The third-order valence-corrected chi connectivity index (χ3v) is 7.62. The molecule has 196 valence electrons. The van der Waals surface area contributed by atoms with Crippen LogP contribution in [-0.2, 0) is 15.0 Å². The Bertz CT molecular complexity index is 1440. The predicted molar refractivity (Wildman–Crippen MR) is 138 cm³/mol. The van der Waals surface area contributed by atoms with Gasteiger partial charge in [-0.05, 0) is 54.6 Å². The van der Waals surface area contributed by atoms with Crippen molar-refractivity contribution >= 4 is 34.5 Å². The van der Waals surface area contributed by atoms with Gasteiger partial charge in [0.1, 0.15) is 11.8 Å². The van der Waals surface area contributed by atoms with Gasteiger partial charge in [0.05, 0.1) is 36.0 Å². The number of benzene rings is 2. The topological polar surface area (TPSA) is 163 Å². The van der Waals surface area contributed by atoms with E-state index in [9.17, 15) is 19.5 Å². The van der Waals surface area contributed by atoms with E-state index in [0.717, 1.165) is 23.1 Å². The van der Waals surface area contributed by atoms with Gasteiger partial charge >= 0.3 is 6.09 Å². The molecule has 2 fully saturated rings. The molecule has 0 radical (unpaired) electrons. The predicted octanol–water partition coefficient (Wildman–Crippen LogP) is 4.30. The first kappa shape index (κ1) is 25.1. The molecule has 2 atom stereocenters. The summed E-state index contributed by atoms with van der Waals surface area (Å²) in [5, 5.41) is 20.4. The van der Waals surface area contributed by atoms with E-state index in [0.29, 0.717) is 35.2 Å². The van der Waals surface area contributed by atoms with Crippen molar-refractivity contribution in [1.29, 1.82) is 0 Å². The zero-order chi connectivity index (χ0) is 26.9. The smallest absolute Gasteiger partial charge is 0.432 e. The van der Waals surface area contributed by atoms with Gasteiger partial charge < -0.3 is 20.1 Å². The van der Waals surface area contributed by atoms with E-state index in [1.165, 1.54) is 6.20 Å². The lowest BCUT2D eigenvalue weighted by molar-refractivity contribution is -0.141. The van der Waals surface area contributed by atoms with Gasteiger partial charge in [-0.15, -0.1) is 0 Å². The number of carboxylic acid groups (broad SMARTS) is 1. The summed E-state index contributed by atoms with van der Waals surface area (Å²) in [6.07, 6.45) is 3.40. The number of nitrogens with one attached hydrogen (secondary N) is 1. The van der Waals surface area contributed by atoms with Crippen molar-refractivity contribution in [2.45, 2.75) is 49.6 Å². The van der Waals surface area contributed by atoms with Crippen LogP contribution in [-0.4, -0.2) is 63.4 Å². The molecule has 1 saturated heterocycles. The maximum Gasteiger partial charge on any atom is 0.432 e. The minimum Gasteiger partial charge on any atom is -0.497 e. The fourth-order valence-electron chi connectivity index (χ4n) is 5.76. The van der Waals surface area contributed by atoms with E-state index in [1.54, 1.807) is 30.2 Å². The van der Waals surface area contributed by atoms with Crippen LogP contribution in [0.3, 0.4) is 0 Å². The van der Waals surface area contributed by atoms with Crippen LogP contribution in [0.1, 0.15) is 37.7 Å². The standard InChI is InChI=1S/C26H27N7O5/c1-38-18-9-7-16(8-10-18)26(11-2-3-12-26)24(35)32-15-17(30-31-27)13-22(32)23(34)29-20-5-4-6-21-19(20)14-28-33(21)25(36)37/h4-10,14,17,22H,2-3,11-13,15H2,1H3,(H,29,34)(H,36,37)/t17-,22-/m1/s1. The highest BCUT2D eigenvalue weighted by Gasteiger charge is 2.50. The largest absolute Gasteiger partial charge is 0.497 e. The van der Waals surface area contributed by atoms with Crippen molar-refractivity contribution in [3.63, 3.8) is 0 Å². The lowest BCUT2D eigenvalue weighted by Crippen LogP contribution is -2.51. The zero-order valence-electron chi connectivity index (χ0n) is 20.8. The van der Waals surface area contributed by atoms with Crippen molar-refractivity contribution in [3.05, 3.63) is 64.7 Å². The van der Waals surface area contributed by atoms with Gasteiger partial charge in [-0.25, -0.2) is 4.79 Å². The van der Waals surface area contributed by atoms with Crippen LogP contribution in [0.25, 0.3) is 21.3 Å². The van der Waals surface area contributed by atoms with Crippen LogP contribution < -0.4 is 10.1 Å². The summed E-state index contributed by atoms with van der Waals surface area (Å²) >= 11 is 0. The molecule has 1 aliphatic heterocycles. The number of fused-ring (bicyclic) bond motifs is 1. The Hall–Kier alpha value is -4.57. The summed E-state index contributed by atoms with van der Waals surface area (Å²) in [5.74, 6) is 0.0943. The number of aromatic nitrogens is 2. The maximum absolute atomic E-state index is 14.2. The molecule has 0 spiro atoms. The summed E-state index contributed by atoms with van der Waals surface area (Å²) in [6.45, 7) is 0.139. The van der Waals surface area contributed by atoms with Gasteiger partial charge in [0.25, 0.3) is 0 Å². The molecule has 2 aliphatic rings. The number of carbonyl (C=O) groups excluding carboxylic acids is 2. The second-order valence-electron chi connectivity index (χ2n) is 9.65. The summed E-state index contributed by atoms with van der Waals surface area (Å²) in [4.78, 5) is 43.8. The number of rotatable bonds is 6. The zero-order valence-corrected chi connectivity index (χ0v) is 20.8. The Morgan fingerprint density at radius 1 is 1.18 bits per heavy atom. The third-order valence-electron chi connectivity index (χ3n) is 7.62. The highest BCUT2D eigenvalue weighted by molar-refractivity contribution is 6.05. The van der Waals surface area contributed by atoms with E-state index < -0.39 is 29.5 Å². The van der Waals surface area contributed by atoms with E-state index in [1.807, 2.05) is 24.3 Å². The molecule has 2 aromatic carbocycles. The molecule has 2 heterocycles. The Morgan fingerprint density at radius 3 is 2.58 bits per heavy atom. The van der Waals surface area contributed by atoms with Crippen LogP contribution >= 0.6 is 0 Å². The van der Waals surface area contributed by atoms with Crippen molar-refractivity contribution < 1.29 is 24.2 Å². The Kier molecular flexibility index (Phi) is 6.64. The van der Waals surface area contributed by atoms with Crippen LogP contribution in [0.5, 0.6) is 5.75 Å². The molecule has 38 heavy (non-hydrogen) atoms. The highest BCUT2D eigenvalue weighted by atomic mass is 16.5. The van der Waals surface area contributed by atoms with Crippen LogP contribution in [0.4, 0.5) is 10.5 Å². The molecule has 12 heteroatoms. The second-order valence-corrected chi connectivity index (χ2v) is 9.65. The maximum atomic E-state index is 14.2. The molecular formula is C26H27N7O5. The van der Waals surface area contributed by atoms with Crippen LogP contribution in [0.2, 0.25) is 0 Å². The molecule has 2 N–H and O–H groups in total. The van der Waals surface area contributed by atoms with Crippen molar-refractivity contribution in [2.75, 3.05) is 19.0 Å². The average molecular weight is 518 g/mol. The number of likely N-dealkylation sites (tertiary alicyclic amines) is 1. The molecule has 5 rings (SSSR count). The highest BCUT2D eigenvalue weighted by Crippen LogP contribution is 2.44. The first-order valence-electron chi connectivity index (χ1n) is 12.4. The van der Waals surface area contributed by atoms with Crippen LogP contribution in [0, 0.1) is 0 Å². The molecule has 3 aromatic rings. The Labute approximate surface area is 217 Å². The minimum atomic E-state index is -1.24. The van der Waals surface area contributed by atoms with Crippen LogP contribution in [0.15, 0.2) is 53.8 Å². The number of hydrogen-bond acceptors (Lipinski definition) is 6. The van der Waals surface area contributed by atoms with E-state index in [-0.39, 0.29) is 18.9 Å². The van der Waals surface area contributed by atoms with Crippen molar-refractivity contribution in [2.24, 2.45) is 5.11 Å². The third kappa shape index (κ3) is 4.28. The van der Waals surface area contributed by atoms with Crippen molar-refractivity contribution in [1.82, 2.24) is 14.7 Å². The number of amides is 2. The monoisotopic (exact) mass is 517 g/mol. The van der Waals surface area contributed by atoms with Gasteiger partial charge in [0, 0.05) is 16.8 Å². The molecule has 0 unspecified atom stereocenters. The lowest BCUT2D eigenvalue weighted by Gasteiger charge is -2.35. The number of hydrogen-bond donors (Lipinski definition) is 2. The molecule has 2 amide bonds. The van der Waals surface area contributed by atoms with E-state index in [4.69, 9.17) is 10.3 Å². The molecule has 1 aliphatic carbocycles. The molecule has 0 bridgehead atoms. The number of ether oxygens (including phenoxy) is 1. The number of carbonyl (C=O) groups is 3. The Morgan fingerprint density at radius 2 is 1.92 bits per heavy atom. The molecular weight excluding hydrogens is 490 g/mol. The summed E-state index contributed by atoms with van der Waals surface area (Å²) in [5.41, 5.74) is 9.85. The molecule has 1 aromatic heterocycles. The minimum absolute atomic E-state index is 0.139. The van der Waals surface area contributed by atoms with Gasteiger partial charge in [-0.2, -0.15) is 9.78 Å². The number of anilines is 1. The summed E-state index contributed by atoms with van der Waals surface area (Å²) in [6, 6.07) is 10.9. The SMILES string of the molecule is COc1ccc(C2(C(=O)N3C[C@H](N=[N+]=[N-])C[C@@H]3C(=O)Nc3cccc4c3cnn4C(=O)O)CCCC2)cc1.